The number of hydrogen-bond donors (Lipinski definition) is 2. The van der Waals surface area contributed by atoms with Gasteiger partial charge in [0.2, 0.25) is 10.0 Å². The monoisotopic (exact) mass is 620 g/mol. The van der Waals surface area contributed by atoms with Crippen LogP contribution in [0.25, 0.3) is 10.9 Å². The molecule has 0 saturated carbocycles. The molecule has 1 unspecified atom stereocenters. The summed E-state index contributed by atoms with van der Waals surface area (Å²) in [5.74, 6) is -1.25. The Morgan fingerprint density at radius 3 is 2.31 bits per heavy atom. The van der Waals surface area contributed by atoms with Gasteiger partial charge in [-0.15, -0.1) is 0 Å². The molecule has 4 N–H and O–H groups in total. The van der Waals surface area contributed by atoms with Gasteiger partial charge in [-0.05, 0) is 47.5 Å². The number of fused-ring (bicyclic) bond motifs is 1. The second kappa shape index (κ2) is 12.2. The van der Waals surface area contributed by atoms with Crippen molar-refractivity contribution in [1.82, 2.24) is 9.78 Å². The number of sulfonamides is 1. The number of halogens is 3. The van der Waals surface area contributed by atoms with E-state index in [1.807, 2.05) is 0 Å². The van der Waals surface area contributed by atoms with Crippen molar-refractivity contribution in [2.45, 2.75) is 19.1 Å². The Morgan fingerprint density at radius 1 is 1.10 bits per heavy atom. The van der Waals surface area contributed by atoms with Crippen LogP contribution in [0.5, 0.6) is 5.75 Å². The van der Waals surface area contributed by atoms with Crippen LogP contribution in [-0.4, -0.2) is 49.6 Å². The molecule has 1 amide bonds. The van der Waals surface area contributed by atoms with E-state index in [-0.39, 0.29) is 46.3 Å². The van der Waals surface area contributed by atoms with Crippen LogP contribution in [0.15, 0.2) is 59.6 Å². The first kappa shape index (κ1) is 30.5. The maximum absolute atomic E-state index is 13.8. The van der Waals surface area contributed by atoms with Crippen molar-refractivity contribution in [3.8, 4) is 5.75 Å². The molecule has 0 radical (unpaired) electrons. The molecule has 4 aromatic rings. The summed E-state index contributed by atoms with van der Waals surface area (Å²) < 4.78 is 66.2. The Labute approximate surface area is 245 Å². The predicted octanol–water partition coefficient (Wildman–Crippen LogP) is 4.18. The molecule has 222 valence electrons. The Morgan fingerprint density at radius 2 is 1.74 bits per heavy atom. The standard InChI is InChI=1S/C27H27ClF2N6O5S/c1-35-24-21(33-25(31)22(41-27(32)37)12-16-10-17(29)13-18(30)11-16)9-8-20(28)23(24)26(34-35)36(42(3,38)39)14-15-4-6-19(40-2)7-5-15/h4-11,13,22H,12,14H2,1-3H3,(H2,31,33)(H2,32,37). The fourth-order valence-corrected chi connectivity index (χ4v) is 5.41. The van der Waals surface area contributed by atoms with Crippen LogP contribution in [0.4, 0.5) is 25.1 Å². The average Bonchev–Trinajstić information content (AvgIpc) is 3.24. The maximum atomic E-state index is 13.8. The number of benzene rings is 3. The summed E-state index contributed by atoms with van der Waals surface area (Å²) in [5, 5.41) is 4.91. The van der Waals surface area contributed by atoms with E-state index >= 15 is 0 Å². The number of rotatable bonds is 10. The molecule has 0 aliphatic carbocycles. The fraction of sp³-hybridized carbons (Fsp3) is 0.222. The first-order valence-corrected chi connectivity index (χ1v) is 14.5. The Kier molecular flexibility index (Phi) is 8.87. The molecule has 11 nitrogen and oxygen atoms in total. The second-order valence-corrected chi connectivity index (χ2v) is 11.6. The SMILES string of the molecule is COc1ccc(CN(c2nn(C)c3c(N=C(N)C(Cc4cc(F)cc(F)c4)OC(N)=O)ccc(Cl)c23)S(C)(=O)=O)cc1. The van der Waals surface area contributed by atoms with E-state index in [0.717, 1.165) is 22.7 Å². The number of amides is 1. The minimum atomic E-state index is -3.86. The highest BCUT2D eigenvalue weighted by Crippen LogP contribution is 2.39. The lowest BCUT2D eigenvalue weighted by molar-refractivity contribution is 0.136. The van der Waals surface area contributed by atoms with Gasteiger partial charge in [0.25, 0.3) is 0 Å². The van der Waals surface area contributed by atoms with Crippen molar-refractivity contribution < 1.29 is 31.5 Å². The van der Waals surface area contributed by atoms with E-state index in [4.69, 9.17) is 32.5 Å². The van der Waals surface area contributed by atoms with Gasteiger partial charge >= 0.3 is 6.09 Å². The average molecular weight is 621 g/mol. The maximum Gasteiger partial charge on any atom is 0.405 e. The molecule has 15 heteroatoms. The molecule has 1 aromatic heterocycles. The number of aliphatic imine (C=N–C) groups is 1. The lowest BCUT2D eigenvalue weighted by atomic mass is 10.1. The van der Waals surface area contributed by atoms with Crippen molar-refractivity contribution in [3.05, 3.63) is 82.4 Å². The van der Waals surface area contributed by atoms with Crippen LogP contribution in [0.1, 0.15) is 11.1 Å². The van der Waals surface area contributed by atoms with Crippen LogP contribution >= 0.6 is 11.6 Å². The first-order chi connectivity index (χ1) is 19.8. The largest absolute Gasteiger partial charge is 0.497 e. The van der Waals surface area contributed by atoms with Crippen molar-refractivity contribution >= 4 is 56.0 Å². The third-order valence-corrected chi connectivity index (χ3v) is 7.62. The smallest absolute Gasteiger partial charge is 0.405 e. The summed E-state index contributed by atoms with van der Waals surface area (Å²) in [6, 6.07) is 12.7. The Bertz CT molecular complexity index is 1760. The summed E-state index contributed by atoms with van der Waals surface area (Å²) in [6.45, 7) is -0.0559. The zero-order valence-electron chi connectivity index (χ0n) is 22.7. The van der Waals surface area contributed by atoms with Gasteiger partial charge in [-0.1, -0.05) is 23.7 Å². The zero-order chi connectivity index (χ0) is 30.8. The number of primary amides is 1. The zero-order valence-corrected chi connectivity index (χ0v) is 24.3. The van der Waals surface area contributed by atoms with Gasteiger partial charge in [0.15, 0.2) is 11.9 Å². The van der Waals surface area contributed by atoms with Crippen molar-refractivity contribution in [3.63, 3.8) is 0 Å². The van der Waals surface area contributed by atoms with Gasteiger partial charge in [-0.25, -0.2) is 31.3 Å². The molecule has 0 aliphatic heterocycles. The normalized spacial score (nSPS) is 12.8. The van der Waals surface area contributed by atoms with Gasteiger partial charge in [0, 0.05) is 19.5 Å². The number of nitrogens with two attached hydrogens (primary N) is 2. The molecule has 0 bridgehead atoms. The molecule has 0 spiro atoms. The highest BCUT2D eigenvalue weighted by Gasteiger charge is 2.27. The molecule has 1 atom stereocenters. The number of aromatic nitrogens is 2. The van der Waals surface area contributed by atoms with Gasteiger partial charge in [0.1, 0.15) is 23.2 Å². The lowest BCUT2D eigenvalue weighted by Crippen LogP contribution is -2.36. The second-order valence-electron chi connectivity index (χ2n) is 9.30. The van der Waals surface area contributed by atoms with Crippen molar-refractivity contribution in [1.29, 1.82) is 0 Å². The molecule has 0 saturated heterocycles. The summed E-state index contributed by atoms with van der Waals surface area (Å²) in [4.78, 5) is 16.0. The number of carbonyl (C=O) groups excluding carboxylic acids is 1. The van der Waals surface area contributed by atoms with E-state index in [1.165, 1.54) is 23.9 Å². The molecular weight excluding hydrogens is 594 g/mol. The first-order valence-electron chi connectivity index (χ1n) is 12.3. The number of ether oxygens (including phenoxy) is 2. The summed E-state index contributed by atoms with van der Waals surface area (Å²) in [7, 11) is -0.765. The molecule has 3 aromatic carbocycles. The van der Waals surface area contributed by atoms with Gasteiger partial charge in [-0.3, -0.25) is 4.68 Å². The number of amidine groups is 1. The number of methoxy groups -OCH3 is 1. The molecule has 42 heavy (non-hydrogen) atoms. The number of aryl methyl sites for hydroxylation is 1. The predicted molar refractivity (Wildman–Crippen MR) is 156 cm³/mol. The number of anilines is 1. The van der Waals surface area contributed by atoms with E-state index in [2.05, 4.69) is 10.1 Å². The van der Waals surface area contributed by atoms with Gasteiger partial charge < -0.3 is 20.9 Å². The van der Waals surface area contributed by atoms with Crippen LogP contribution in [0.3, 0.4) is 0 Å². The molecule has 0 aliphatic rings. The van der Waals surface area contributed by atoms with Crippen molar-refractivity contribution in [2.24, 2.45) is 23.5 Å². The fourth-order valence-electron chi connectivity index (χ4n) is 4.35. The van der Waals surface area contributed by atoms with Gasteiger partial charge in [0.05, 0.1) is 41.5 Å². The van der Waals surface area contributed by atoms with Crippen LogP contribution < -0.4 is 20.5 Å². The highest BCUT2D eigenvalue weighted by atomic mass is 35.5. The van der Waals surface area contributed by atoms with Crippen LogP contribution in [-0.2, 0) is 34.8 Å². The number of carbonyl (C=O) groups is 1. The van der Waals surface area contributed by atoms with E-state index in [0.29, 0.717) is 22.9 Å². The minimum absolute atomic E-state index is 0.0478. The Hall–Kier alpha value is -4.43. The topological polar surface area (TPSA) is 155 Å². The molecular formula is C27H27ClF2N6O5S. The Balaban J connectivity index is 1.79. The number of hydrogen-bond acceptors (Lipinski definition) is 7. The third-order valence-electron chi connectivity index (χ3n) is 6.20. The summed E-state index contributed by atoms with van der Waals surface area (Å²) in [5.41, 5.74) is 12.7. The molecule has 0 fully saturated rings. The van der Waals surface area contributed by atoms with E-state index < -0.39 is 33.9 Å². The highest BCUT2D eigenvalue weighted by molar-refractivity contribution is 7.92. The third kappa shape index (κ3) is 6.89. The van der Waals surface area contributed by atoms with Gasteiger partial charge in [-0.2, -0.15) is 5.10 Å². The molecule has 1 heterocycles. The quantitative estimate of drug-likeness (QED) is 0.199. The minimum Gasteiger partial charge on any atom is -0.497 e. The lowest BCUT2D eigenvalue weighted by Gasteiger charge is -2.21. The number of nitrogens with zero attached hydrogens (tertiary/aromatic N) is 4. The molecule has 4 rings (SSSR count). The summed E-state index contributed by atoms with van der Waals surface area (Å²) in [6.07, 6.45) is -1.65. The van der Waals surface area contributed by atoms with E-state index in [1.54, 1.807) is 31.3 Å². The summed E-state index contributed by atoms with van der Waals surface area (Å²) >= 11 is 6.56. The van der Waals surface area contributed by atoms with Crippen LogP contribution in [0, 0.1) is 11.6 Å². The van der Waals surface area contributed by atoms with E-state index in [9.17, 15) is 22.0 Å². The van der Waals surface area contributed by atoms with Crippen molar-refractivity contribution in [2.75, 3.05) is 17.7 Å². The van der Waals surface area contributed by atoms with Crippen LogP contribution in [0.2, 0.25) is 5.02 Å².